The largest absolute Gasteiger partial charge is 0.480 e. The second kappa shape index (κ2) is 4.06. The van der Waals surface area contributed by atoms with Crippen LogP contribution in [-0.2, 0) is 10.3 Å². The van der Waals surface area contributed by atoms with E-state index in [1.165, 1.54) is 11.3 Å². The molecule has 1 aromatic rings. The molecule has 0 aliphatic carbocycles. The molecule has 0 bridgehead atoms. The van der Waals surface area contributed by atoms with Gasteiger partial charge in [-0.25, -0.2) is 9.78 Å². The summed E-state index contributed by atoms with van der Waals surface area (Å²) >= 11 is 1.35. The number of carboxylic acids is 1. The van der Waals surface area contributed by atoms with E-state index in [9.17, 15) is 4.79 Å². The molecular weight excluding hydrogens is 200 g/mol. The maximum atomic E-state index is 11.2. The molecule has 4 nitrogen and oxygen atoms in total. The monoisotopic (exact) mass is 214 g/mol. The maximum absolute atomic E-state index is 11.2. The van der Waals surface area contributed by atoms with Crippen molar-refractivity contribution in [2.75, 3.05) is 0 Å². The van der Waals surface area contributed by atoms with E-state index in [2.05, 4.69) is 10.3 Å². The highest BCUT2D eigenvalue weighted by Crippen LogP contribution is 2.23. The Bertz CT molecular complexity index is 311. The lowest BCUT2D eigenvalue weighted by Gasteiger charge is -2.26. The molecule has 0 spiro atoms. The summed E-state index contributed by atoms with van der Waals surface area (Å²) in [7, 11) is 0. The van der Waals surface area contributed by atoms with E-state index >= 15 is 0 Å². The summed E-state index contributed by atoms with van der Waals surface area (Å²) in [6.07, 6.45) is 1.61. The maximum Gasteiger partial charge on any atom is 0.330 e. The van der Waals surface area contributed by atoms with Gasteiger partial charge >= 0.3 is 5.97 Å². The van der Waals surface area contributed by atoms with Crippen LogP contribution >= 0.6 is 11.3 Å². The zero-order valence-corrected chi connectivity index (χ0v) is 9.26. The van der Waals surface area contributed by atoms with Crippen LogP contribution in [0, 0.1) is 0 Å². The zero-order chi connectivity index (χ0) is 10.8. The number of carboxylic acid groups (broad SMARTS) is 1. The number of aliphatic carboxylic acids is 1. The third-order valence-electron chi connectivity index (χ3n) is 1.87. The minimum Gasteiger partial charge on any atom is -0.480 e. The second-order valence-electron chi connectivity index (χ2n) is 3.57. The highest BCUT2D eigenvalue weighted by molar-refractivity contribution is 7.09. The Labute approximate surface area is 87.0 Å². The molecule has 1 atom stereocenters. The van der Waals surface area contributed by atoms with Crippen LogP contribution in [0.2, 0.25) is 0 Å². The Morgan fingerprint density at radius 3 is 2.71 bits per heavy atom. The first kappa shape index (κ1) is 11.1. The van der Waals surface area contributed by atoms with Gasteiger partial charge in [0.15, 0.2) is 5.54 Å². The summed E-state index contributed by atoms with van der Waals surface area (Å²) in [6.45, 7) is 5.46. The lowest BCUT2D eigenvalue weighted by Crippen LogP contribution is -2.49. The van der Waals surface area contributed by atoms with Gasteiger partial charge in [-0.1, -0.05) is 0 Å². The highest BCUT2D eigenvalue weighted by atomic mass is 32.1. The van der Waals surface area contributed by atoms with Crippen LogP contribution in [-0.4, -0.2) is 22.1 Å². The van der Waals surface area contributed by atoms with Crippen LogP contribution in [0.3, 0.4) is 0 Å². The Morgan fingerprint density at radius 2 is 2.36 bits per heavy atom. The standard InChI is InChI=1S/C9H14N2O2S/c1-6(2)11-9(3,8(12)13)7-10-4-5-14-7/h4-6,11H,1-3H3,(H,12,13). The van der Waals surface area contributed by atoms with E-state index < -0.39 is 11.5 Å². The van der Waals surface area contributed by atoms with Crippen LogP contribution in [0.5, 0.6) is 0 Å². The summed E-state index contributed by atoms with van der Waals surface area (Å²) in [5.41, 5.74) is -1.08. The lowest BCUT2D eigenvalue weighted by molar-refractivity contribution is -0.144. The molecule has 5 heteroatoms. The Balaban J connectivity index is 2.99. The van der Waals surface area contributed by atoms with Crippen molar-refractivity contribution in [3.05, 3.63) is 16.6 Å². The van der Waals surface area contributed by atoms with Gasteiger partial charge in [-0.3, -0.25) is 5.32 Å². The van der Waals surface area contributed by atoms with Gasteiger partial charge < -0.3 is 5.11 Å². The Morgan fingerprint density at radius 1 is 1.71 bits per heavy atom. The molecule has 0 aromatic carbocycles. The fourth-order valence-electron chi connectivity index (χ4n) is 1.26. The molecule has 1 heterocycles. The molecule has 0 amide bonds. The molecule has 1 aromatic heterocycles. The molecule has 2 N–H and O–H groups in total. The minimum atomic E-state index is -1.08. The highest BCUT2D eigenvalue weighted by Gasteiger charge is 2.37. The third kappa shape index (κ3) is 2.10. The van der Waals surface area contributed by atoms with Gasteiger partial charge in [0.1, 0.15) is 5.01 Å². The van der Waals surface area contributed by atoms with E-state index in [-0.39, 0.29) is 6.04 Å². The lowest BCUT2D eigenvalue weighted by atomic mass is 10.0. The van der Waals surface area contributed by atoms with Crippen molar-refractivity contribution in [3.63, 3.8) is 0 Å². The fourth-order valence-corrected chi connectivity index (χ4v) is 2.02. The number of thiazole rings is 1. The van der Waals surface area contributed by atoms with Crippen LogP contribution in [0.15, 0.2) is 11.6 Å². The van der Waals surface area contributed by atoms with Gasteiger partial charge in [0, 0.05) is 17.6 Å². The summed E-state index contributed by atoms with van der Waals surface area (Å²) in [5, 5.41) is 14.5. The Kier molecular flexibility index (Phi) is 3.23. The molecular formula is C9H14N2O2S. The van der Waals surface area contributed by atoms with Crippen molar-refractivity contribution in [1.29, 1.82) is 0 Å². The predicted molar refractivity (Wildman–Crippen MR) is 55.4 cm³/mol. The predicted octanol–water partition coefficient (Wildman–Crippen LogP) is 1.44. The molecule has 0 saturated heterocycles. The number of rotatable bonds is 4. The van der Waals surface area contributed by atoms with Crippen LogP contribution in [0.1, 0.15) is 25.8 Å². The van der Waals surface area contributed by atoms with Gasteiger partial charge in [-0.05, 0) is 20.8 Å². The molecule has 0 radical (unpaired) electrons. The van der Waals surface area contributed by atoms with E-state index in [0.717, 1.165) is 0 Å². The van der Waals surface area contributed by atoms with E-state index in [1.54, 1.807) is 18.5 Å². The first-order valence-corrected chi connectivity index (χ1v) is 5.26. The minimum absolute atomic E-state index is 0.0972. The number of nitrogens with one attached hydrogen (secondary N) is 1. The van der Waals surface area contributed by atoms with Crippen molar-refractivity contribution in [2.24, 2.45) is 0 Å². The molecule has 0 aliphatic heterocycles. The van der Waals surface area contributed by atoms with Crippen molar-refractivity contribution in [1.82, 2.24) is 10.3 Å². The topological polar surface area (TPSA) is 62.2 Å². The zero-order valence-electron chi connectivity index (χ0n) is 8.44. The quantitative estimate of drug-likeness (QED) is 0.796. The third-order valence-corrected chi connectivity index (χ3v) is 2.86. The fraction of sp³-hybridized carbons (Fsp3) is 0.556. The number of nitrogens with zero attached hydrogens (tertiary/aromatic N) is 1. The summed E-state index contributed by atoms with van der Waals surface area (Å²) in [5.74, 6) is -0.902. The first-order valence-electron chi connectivity index (χ1n) is 4.38. The number of hydrogen-bond donors (Lipinski definition) is 2. The molecule has 0 aliphatic rings. The normalized spacial score (nSPS) is 15.4. The van der Waals surface area contributed by atoms with Gasteiger partial charge in [0.05, 0.1) is 0 Å². The molecule has 78 valence electrons. The van der Waals surface area contributed by atoms with Gasteiger partial charge in [-0.2, -0.15) is 0 Å². The van der Waals surface area contributed by atoms with E-state index in [1.807, 2.05) is 13.8 Å². The Hall–Kier alpha value is -0.940. The second-order valence-corrected chi connectivity index (χ2v) is 4.46. The summed E-state index contributed by atoms with van der Waals surface area (Å²) < 4.78 is 0. The van der Waals surface area contributed by atoms with Gasteiger partial charge in [-0.15, -0.1) is 11.3 Å². The average molecular weight is 214 g/mol. The van der Waals surface area contributed by atoms with E-state index in [4.69, 9.17) is 5.11 Å². The van der Waals surface area contributed by atoms with Crippen LogP contribution < -0.4 is 5.32 Å². The number of aromatic nitrogens is 1. The van der Waals surface area contributed by atoms with Crippen LogP contribution in [0.4, 0.5) is 0 Å². The van der Waals surface area contributed by atoms with Crippen molar-refractivity contribution < 1.29 is 9.90 Å². The van der Waals surface area contributed by atoms with Crippen molar-refractivity contribution in [2.45, 2.75) is 32.4 Å². The van der Waals surface area contributed by atoms with E-state index in [0.29, 0.717) is 5.01 Å². The summed E-state index contributed by atoms with van der Waals surface area (Å²) in [4.78, 5) is 15.2. The number of hydrogen-bond acceptors (Lipinski definition) is 4. The molecule has 14 heavy (non-hydrogen) atoms. The van der Waals surface area contributed by atoms with Crippen molar-refractivity contribution in [3.8, 4) is 0 Å². The molecule has 1 rings (SSSR count). The summed E-state index contributed by atoms with van der Waals surface area (Å²) in [6, 6.07) is 0.0972. The first-order chi connectivity index (χ1) is 6.47. The van der Waals surface area contributed by atoms with Gasteiger partial charge in [0.25, 0.3) is 0 Å². The molecule has 1 unspecified atom stereocenters. The van der Waals surface area contributed by atoms with Crippen molar-refractivity contribution >= 4 is 17.3 Å². The molecule has 0 fully saturated rings. The van der Waals surface area contributed by atoms with Gasteiger partial charge in [0.2, 0.25) is 0 Å². The molecule has 0 saturated carbocycles. The average Bonchev–Trinajstić information content (AvgIpc) is 2.53. The van der Waals surface area contributed by atoms with Crippen LogP contribution in [0.25, 0.3) is 0 Å². The SMILES string of the molecule is CC(C)NC(C)(C(=O)O)c1nccs1. The smallest absolute Gasteiger partial charge is 0.330 e. The number of carbonyl (C=O) groups is 1.